The molecule has 9 unspecified atom stereocenters. The van der Waals surface area contributed by atoms with Crippen LogP contribution in [-0.4, -0.2) is 265 Å². The van der Waals surface area contributed by atoms with Crippen LogP contribution >= 0.6 is 0 Å². The first-order valence-electron chi connectivity index (χ1n) is 46.2. The highest BCUT2D eigenvalue weighted by molar-refractivity contribution is 5.82. The van der Waals surface area contributed by atoms with Crippen LogP contribution in [0.5, 0.6) is 23.0 Å². The molecule has 32 heteroatoms. The number of nitrogens with zero attached hydrogens (tertiary/aromatic N) is 3. The van der Waals surface area contributed by atoms with Crippen molar-refractivity contribution in [2.24, 2.45) is 16.2 Å². The van der Waals surface area contributed by atoms with Gasteiger partial charge in [0.15, 0.2) is 0 Å². The lowest BCUT2D eigenvalue weighted by Crippen LogP contribution is -2.43. The van der Waals surface area contributed by atoms with Crippen LogP contribution in [0.4, 0.5) is 51.2 Å². The predicted octanol–water partition coefficient (Wildman–Crippen LogP) is 12.2. The van der Waals surface area contributed by atoms with Crippen molar-refractivity contribution in [3.63, 3.8) is 0 Å². The first-order valence-corrected chi connectivity index (χ1v) is 46.2. The zero-order chi connectivity index (χ0) is 91.9. The van der Waals surface area contributed by atoms with E-state index in [1.54, 1.807) is 29.3 Å². The molecule has 11 N–H and O–H groups in total. The number of hydrogen-bond acceptors (Lipinski definition) is 32. The molecule has 0 radical (unpaired) electrons. The van der Waals surface area contributed by atoms with E-state index in [0.29, 0.717) is 137 Å². The zero-order valence-corrected chi connectivity index (χ0v) is 76.9. The van der Waals surface area contributed by atoms with E-state index in [4.69, 9.17) is 85.3 Å². The third-order valence-corrected chi connectivity index (χ3v) is 23.1. The first-order chi connectivity index (χ1) is 64.3. The number of rotatable bonds is 56. The van der Waals surface area contributed by atoms with Gasteiger partial charge >= 0.3 is 0 Å². The third-order valence-electron chi connectivity index (χ3n) is 23.1. The Labute approximate surface area is 774 Å². The molecule has 8 aromatic rings. The molecule has 0 aliphatic carbocycles. The number of phenolic OH excluding ortho intramolecular Hbond substituents is 2. The molecule has 6 fully saturated rings. The number of phenols is 2. The van der Waals surface area contributed by atoms with E-state index in [9.17, 15) is 25.5 Å². The van der Waals surface area contributed by atoms with Crippen molar-refractivity contribution in [1.82, 2.24) is 0 Å². The third kappa shape index (κ3) is 33.2. The van der Waals surface area contributed by atoms with Gasteiger partial charge in [-0.2, -0.15) is 15.4 Å². The summed E-state index contributed by atoms with van der Waals surface area (Å²) in [6, 6.07) is 57.8. The summed E-state index contributed by atoms with van der Waals surface area (Å²) in [5.41, 5.74) is 34.3. The van der Waals surface area contributed by atoms with Crippen LogP contribution in [0.15, 0.2) is 176 Å². The summed E-state index contributed by atoms with van der Waals surface area (Å²) in [5, 5.41) is 56.2. The van der Waals surface area contributed by atoms with Gasteiger partial charge in [-0.15, -0.1) is 0 Å². The molecule has 0 aromatic heterocycles. The molecule has 17 rings (SSSR count). The predicted molar refractivity (Wildman–Crippen MR) is 503 cm³/mol. The van der Waals surface area contributed by atoms with Crippen molar-refractivity contribution < 1.29 is 111 Å². The molecule has 9 aliphatic rings. The second-order valence-electron chi connectivity index (χ2n) is 35.9. The maximum atomic E-state index is 10.6. The number of fused-ring (bicyclic) bond motifs is 3. The van der Waals surface area contributed by atoms with Crippen molar-refractivity contribution in [2.75, 3.05) is 233 Å². The quantitative estimate of drug-likeness (QED) is 0.0125. The van der Waals surface area contributed by atoms with Crippen LogP contribution in [0.2, 0.25) is 0 Å². The van der Waals surface area contributed by atoms with Gasteiger partial charge in [0.2, 0.25) is 0 Å². The SMILES string of the molecule is CC(O)COc1ccc(CC(C)(C)Cc2ccc(OCC3CO3)cc2)cc1.CCC(COCC(O)COCCc1ccc(O)c(N2Nc3ccccc3N2)c1)(COCC1CO1)COCC1CO1.CCOCCc1ccc(N2Nc3ccccc3N2)cc1O.Cc1cc(N2Nc3ccccc3N2)ccc1CCOCC(O)COCC(COCC1CO1)(COCC1CO1)COCC1CO1. The highest BCUT2D eigenvalue weighted by atomic mass is 16.6. The Kier molecular flexibility index (Phi) is 37.0. The summed E-state index contributed by atoms with van der Waals surface area (Å²) in [6.07, 6.45) is 4.10. The van der Waals surface area contributed by atoms with E-state index in [1.165, 1.54) is 22.3 Å². The number of nitrogens with one attached hydrogen (secondary N) is 6. The molecule has 6 saturated heterocycles. The average molecular weight is 1830 g/mol. The molecule has 0 spiro atoms. The number of aliphatic hydroxyl groups excluding tert-OH is 3. The topological polar surface area (TPSA) is 369 Å². The number of hydrazine groups is 6. The van der Waals surface area contributed by atoms with Crippen LogP contribution < -0.4 is 57.4 Å². The van der Waals surface area contributed by atoms with Crippen molar-refractivity contribution >= 4 is 51.2 Å². The molecule has 0 bridgehead atoms. The monoisotopic (exact) mass is 1830 g/mol. The Hall–Kier alpha value is -9.60. The Morgan fingerprint density at radius 3 is 1.15 bits per heavy atom. The van der Waals surface area contributed by atoms with E-state index in [0.717, 1.165) is 133 Å². The number of benzene rings is 8. The van der Waals surface area contributed by atoms with Gasteiger partial charge in [0.05, 0.1) is 222 Å². The molecule has 32 nitrogen and oxygen atoms in total. The molecule has 0 amide bonds. The number of ether oxygens (including phenoxy) is 18. The maximum Gasteiger partial charge on any atom is 0.142 e. The standard InChI is InChI=1S/C32H45N3O9.C29H41N3O8.C23H30O4.C16H19N3O2/c1-23-10-25(35-33-30-4-2-3-5-31(30)34-35)7-6-24(23)8-9-37-11-26(36)12-38-19-32(20-39-13-27-16-42-27,21-40-14-28-17-43-28)22-41-15-29-18-44-29;1-2-29(19-37-14-23-16-39-23,20-38-15-24-17-40-24)18-36-13-22(33)12-35-10-9-21-7-8-28(34)27(11-21)32-30-25-5-3-4-6-26(25)31-32;1-17(24)14-25-20-8-4-18(5-9-20)12-23(2,3)13-19-6-10-21(11-7-19)26-15-22-16-27-22;1-2-21-10-9-12-7-8-13(11-16(12)20)19-17-14-5-3-4-6-15(14)18-19/h2-7,10,26-29,33-34,36H,8-9,11-22H2,1H3;3-8,11,22-24,30-31,33-34H,2,9-10,12-20H2,1H3;4-11,17,22,24H,12-16H2,1-3H3;3-8,11,17-18,20H,2,9-10H2,1H3. The summed E-state index contributed by atoms with van der Waals surface area (Å²) in [6.45, 7) is 26.5. The van der Waals surface area contributed by atoms with Gasteiger partial charge in [0, 0.05) is 18.1 Å². The van der Waals surface area contributed by atoms with E-state index < -0.39 is 23.7 Å². The van der Waals surface area contributed by atoms with E-state index in [-0.39, 0.29) is 85.4 Å². The largest absolute Gasteiger partial charge is 0.508 e. The van der Waals surface area contributed by atoms with E-state index in [1.807, 2.05) is 133 Å². The molecule has 0 saturated carbocycles. The lowest BCUT2D eigenvalue weighted by Gasteiger charge is -2.33. The van der Waals surface area contributed by atoms with Crippen LogP contribution in [0, 0.1) is 23.2 Å². The number of aliphatic hydroxyl groups is 3. The fraction of sp³-hybridized carbons (Fsp3) is 0.520. The minimum Gasteiger partial charge on any atom is -0.508 e. The lowest BCUT2D eigenvalue weighted by molar-refractivity contribution is -0.120. The van der Waals surface area contributed by atoms with Gasteiger partial charge in [-0.25, -0.2) is 0 Å². The highest BCUT2D eigenvalue weighted by Gasteiger charge is 2.38. The maximum absolute atomic E-state index is 10.6. The second-order valence-corrected chi connectivity index (χ2v) is 35.9. The van der Waals surface area contributed by atoms with Crippen molar-refractivity contribution in [2.45, 2.75) is 135 Å². The van der Waals surface area contributed by atoms with Crippen molar-refractivity contribution in [3.05, 3.63) is 209 Å². The van der Waals surface area contributed by atoms with Crippen molar-refractivity contribution in [3.8, 4) is 23.0 Å². The van der Waals surface area contributed by atoms with E-state index in [2.05, 4.69) is 103 Å². The van der Waals surface area contributed by atoms with Crippen LogP contribution in [0.1, 0.15) is 74.4 Å². The molecule has 9 aliphatic heterocycles. The first kappa shape index (κ1) is 98.4. The molecule has 9 heterocycles. The number of aromatic hydroxyl groups is 2. The van der Waals surface area contributed by atoms with Gasteiger partial charge in [-0.05, 0) is 189 Å². The number of aryl methyl sites for hydroxylation is 1. The minimum atomic E-state index is -0.757. The second kappa shape index (κ2) is 49.6. The van der Waals surface area contributed by atoms with Crippen LogP contribution in [0.25, 0.3) is 0 Å². The number of epoxide rings is 6. The Bertz CT molecular complexity index is 4580. The van der Waals surface area contributed by atoms with Gasteiger partial charge in [0.25, 0.3) is 0 Å². The van der Waals surface area contributed by atoms with Gasteiger partial charge in [-0.3, -0.25) is 32.6 Å². The Balaban J connectivity index is 0.000000147. The molecule has 9 atom stereocenters. The summed E-state index contributed by atoms with van der Waals surface area (Å²) >= 11 is 0. The summed E-state index contributed by atoms with van der Waals surface area (Å²) in [5.74, 6) is 2.14. The molecular weight excluding hydrogens is 1700 g/mol. The van der Waals surface area contributed by atoms with Gasteiger partial charge in [0.1, 0.15) is 90.7 Å². The number of hydrogen-bond donors (Lipinski definition) is 11. The number of anilines is 9. The fourth-order valence-corrected chi connectivity index (χ4v) is 14.9. The number of para-hydroxylation sites is 6. The van der Waals surface area contributed by atoms with Crippen LogP contribution in [-0.2, 0) is 108 Å². The van der Waals surface area contributed by atoms with Gasteiger partial charge < -0.3 is 111 Å². The molecule has 8 aromatic carbocycles. The normalized spacial score (nSPS) is 19.8. The zero-order valence-electron chi connectivity index (χ0n) is 76.9. The van der Waals surface area contributed by atoms with Gasteiger partial charge in [-0.1, -0.05) is 99.6 Å². The summed E-state index contributed by atoms with van der Waals surface area (Å²) in [4.78, 5) is 0. The average Bonchev–Trinajstić information content (AvgIpc) is 1.67. The molecule has 132 heavy (non-hydrogen) atoms. The summed E-state index contributed by atoms with van der Waals surface area (Å²) < 4.78 is 101. The lowest BCUT2D eigenvalue weighted by atomic mass is 9.80. The Morgan fingerprint density at radius 2 is 0.735 bits per heavy atom. The molecular formula is C100H135N9O23. The highest BCUT2D eigenvalue weighted by Crippen LogP contribution is 2.39. The fourth-order valence-electron chi connectivity index (χ4n) is 14.9. The summed E-state index contributed by atoms with van der Waals surface area (Å²) in [7, 11) is 0. The van der Waals surface area contributed by atoms with Crippen LogP contribution in [0.3, 0.4) is 0 Å². The van der Waals surface area contributed by atoms with E-state index >= 15 is 0 Å². The smallest absolute Gasteiger partial charge is 0.142 e. The Morgan fingerprint density at radius 1 is 0.371 bits per heavy atom. The minimum absolute atomic E-state index is 0.136. The molecule has 718 valence electrons. The van der Waals surface area contributed by atoms with Crippen molar-refractivity contribution in [1.29, 1.82) is 0 Å².